The maximum Gasteiger partial charge on any atom is 0.263 e. The third-order valence-corrected chi connectivity index (χ3v) is 5.01. The van der Waals surface area contributed by atoms with E-state index in [2.05, 4.69) is 37.2 Å². The Hall–Kier alpha value is -1.10. The predicted octanol–water partition coefficient (Wildman–Crippen LogP) is 5.44. The zero-order valence-electron chi connectivity index (χ0n) is 10.2. The fraction of sp³-hybridized carbons (Fsp3) is 0. The molecule has 5 heteroatoms. The average molecular weight is 416 g/mol. The number of anilines is 1. The van der Waals surface area contributed by atoms with Crippen LogP contribution < -0.4 is 5.32 Å². The van der Waals surface area contributed by atoms with E-state index >= 15 is 0 Å². The topological polar surface area (TPSA) is 29.1 Å². The van der Waals surface area contributed by atoms with E-state index in [4.69, 9.17) is 11.6 Å². The molecule has 0 aromatic heterocycles. The number of carbonyl (C=O) groups is 1. The van der Waals surface area contributed by atoms with E-state index in [-0.39, 0.29) is 5.91 Å². The van der Waals surface area contributed by atoms with Crippen LogP contribution in [0.3, 0.4) is 0 Å². The second-order valence-electron chi connectivity index (χ2n) is 3.93. The maximum atomic E-state index is 12.2. The van der Waals surface area contributed by atoms with Gasteiger partial charge in [-0.25, -0.2) is 0 Å². The van der Waals surface area contributed by atoms with Crippen molar-refractivity contribution >= 4 is 59.5 Å². The smallest absolute Gasteiger partial charge is 0.263 e. The van der Waals surface area contributed by atoms with Gasteiger partial charge in [-0.3, -0.25) is 4.79 Å². The molecular formula is C15H10Br2ClNO. The van der Waals surface area contributed by atoms with Gasteiger partial charge in [-0.15, -0.1) is 0 Å². The van der Waals surface area contributed by atoms with E-state index in [1.54, 1.807) is 12.1 Å². The van der Waals surface area contributed by atoms with Crippen molar-refractivity contribution < 1.29 is 4.79 Å². The fourth-order valence-electron chi connectivity index (χ4n) is 1.55. The quantitative estimate of drug-likeness (QED) is 0.665. The largest absolute Gasteiger partial charge is 0.320 e. The first-order chi connectivity index (χ1) is 9.59. The second kappa shape index (κ2) is 7.07. The number of hydrogen-bond acceptors (Lipinski definition) is 1. The SMILES string of the molecule is O=C(Nc1ccccc1Cl)/C(Br)=C(\Br)c1ccccc1. The average Bonchev–Trinajstić information content (AvgIpc) is 2.49. The molecule has 1 N–H and O–H groups in total. The number of para-hydroxylation sites is 1. The Balaban J connectivity index is 2.23. The van der Waals surface area contributed by atoms with Crippen molar-refractivity contribution in [2.24, 2.45) is 0 Å². The van der Waals surface area contributed by atoms with Crippen LogP contribution in [0.15, 0.2) is 59.1 Å². The van der Waals surface area contributed by atoms with Crippen LogP contribution in [0, 0.1) is 0 Å². The van der Waals surface area contributed by atoms with Crippen molar-refractivity contribution in [3.05, 3.63) is 69.7 Å². The summed E-state index contributed by atoms with van der Waals surface area (Å²) in [7, 11) is 0. The van der Waals surface area contributed by atoms with E-state index in [0.717, 1.165) is 5.56 Å². The molecule has 102 valence electrons. The molecule has 0 bridgehead atoms. The van der Waals surface area contributed by atoms with Crippen LogP contribution in [0.25, 0.3) is 4.48 Å². The van der Waals surface area contributed by atoms with Gasteiger partial charge in [-0.05, 0) is 49.6 Å². The van der Waals surface area contributed by atoms with Crippen LogP contribution >= 0.6 is 43.5 Å². The van der Waals surface area contributed by atoms with Crippen molar-refractivity contribution in [1.29, 1.82) is 0 Å². The van der Waals surface area contributed by atoms with Crippen LogP contribution in [0.5, 0.6) is 0 Å². The zero-order chi connectivity index (χ0) is 14.5. The van der Waals surface area contributed by atoms with E-state index in [1.807, 2.05) is 42.5 Å². The molecule has 2 rings (SSSR count). The molecule has 2 aromatic carbocycles. The minimum absolute atomic E-state index is 0.270. The fourth-order valence-corrected chi connectivity index (χ4v) is 2.51. The highest BCUT2D eigenvalue weighted by Gasteiger charge is 2.13. The Labute approximate surface area is 139 Å². The number of halogens is 3. The number of amides is 1. The monoisotopic (exact) mass is 413 g/mol. The lowest BCUT2D eigenvalue weighted by molar-refractivity contribution is -0.112. The molecule has 2 nitrogen and oxygen atoms in total. The van der Waals surface area contributed by atoms with Crippen LogP contribution in [0.4, 0.5) is 5.69 Å². The summed E-state index contributed by atoms with van der Waals surface area (Å²) in [4.78, 5) is 12.2. The summed E-state index contributed by atoms with van der Waals surface area (Å²) in [6.45, 7) is 0. The standard InChI is InChI=1S/C15H10Br2ClNO/c16-13(10-6-2-1-3-7-10)14(17)15(20)19-12-9-5-4-8-11(12)18/h1-9H,(H,19,20)/b14-13+. The lowest BCUT2D eigenvalue weighted by Gasteiger charge is -2.08. The minimum atomic E-state index is -0.270. The van der Waals surface area contributed by atoms with Gasteiger partial charge in [0.25, 0.3) is 5.91 Å². The second-order valence-corrected chi connectivity index (χ2v) is 5.92. The van der Waals surface area contributed by atoms with Gasteiger partial charge in [-0.1, -0.05) is 54.1 Å². The summed E-state index contributed by atoms with van der Waals surface area (Å²) >= 11 is 12.7. The predicted molar refractivity (Wildman–Crippen MR) is 91.3 cm³/mol. The van der Waals surface area contributed by atoms with Gasteiger partial charge in [0, 0.05) is 4.48 Å². The Morgan fingerprint density at radius 3 is 2.20 bits per heavy atom. The van der Waals surface area contributed by atoms with Gasteiger partial charge in [0.1, 0.15) is 0 Å². The first-order valence-corrected chi connectivity index (χ1v) is 7.72. The van der Waals surface area contributed by atoms with Gasteiger partial charge in [0.2, 0.25) is 0 Å². The van der Waals surface area contributed by atoms with Crippen molar-refractivity contribution in [3.63, 3.8) is 0 Å². The molecule has 20 heavy (non-hydrogen) atoms. The Bertz CT molecular complexity index is 656. The molecule has 0 atom stereocenters. The summed E-state index contributed by atoms with van der Waals surface area (Å²) in [5.74, 6) is -0.270. The molecule has 0 fully saturated rings. The van der Waals surface area contributed by atoms with Crippen LogP contribution in [-0.4, -0.2) is 5.91 Å². The number of benzene rings is 2. The highest BCUT2D eigenvalue weighted by Crippen LogP contribution is 2.30. The maximum absolute atomic E-state index is 12.2. The molecule has 0 aliphatic heterocycles. The summed E-state index contributed by atoms with van der Waals surface area (Å²) < 4.78 is 1.09. The first-order valence-electron chi connectivity index (χ1n) is 5.76. The lowest BCUT2D eigenvalue weighted by atomic mass is 10.2. The number of rotatable bonds is 3. The van der Waals surface area contributed by atoms with Crippen LogP contribution in [0.1, 0.15) is 5.56 Å². The Kier molecular flexibility index (Phi) is 5.40. The molecule has 0 aliphatic carbocycles. The van der Waals surface area contributed by atoms with E-state index in [9.17, 15) is 4.79 Å². The zero-order valence-corrected chi connectivity index (χ0v) is 14.2. The first kappa shape index (κ1) is 15.3. The Morgan fingerprint density at radius 2 is 1.55 bits per heavy atom. The van der Waals surface area contributed by atoms with Gasteiger partial charge < -0.3 is 5.32 Å². The van der Waals surface area contributed by atoms with Crippen LogP contribution in [0.2, 0.25) is 5.02 Å². The van der Waals surface area contributed by atoms with Gasteiger partial charge in [0.05, 0.1) is 15.2 Å². The van der Waals surface area contributed by atoms with Crippen molar-refractivity contribution in [2.75, 3.05) is 5.32 Å². The normalized spacial score (nSPS) is 11.8. The summed E-state index contributed by atoms with van der Waals surface area (Å²) in [6.07, 6.45) is 0. The van der Waals surface area contributed by atoms with Crippen LogP contribution in [-0.2, 0) is 4.79 Å². The molecule has 0 saturated heterocycles. The van der Waals surface area contributed by atoms with Crippen molar-refractivity contribution in [2.45, 2.75) is 0 Å². The highest BCUT2D eigenvalue weighted by molar-refractivity contribution is 9.16. The number of hydrogen-bond donors (Lipinski definition) is 1. The molecule has 0 saturated carbocycles. The third kappa shape index (κ3) is 3.72. The molecule has 0 aliphatic rings. The molecule has 0 spiro atoms. The molecule has 0 heterocycles. The van der Waals surface area contributed by atoms with Crippen molar-refractivity contribution in [1.82, 2.24) is 0 Å². The summed E-state index contributed by atoms with van der Waals surface area (Å²) in [5.41, 5.74) is 1.48. The van der Waals surface area contributed by atoms with Gasteiger partial charge >= 0.3 is 0 Å². The molecule has 1 amide bonds. The molecular weight excluding hydrogens is 405 g/mol. The molecule has 0 radical (unpaired) electrons. The third-order valence-electron chi connectivity index (χ3n) is 2.54. The minimum Gasteiger partial charge on any atom is -0.320 e. The summed E-state index contributed by atoms with van der Waals surface area (Å²) in [6, 6.07) is 16.6. The van der Waals surface area contributed by atoms with Gasteiger partial charge in [0.15, 0.2) is 0 Å². The van der Waals surface area contributed by atoms with Gasteiger partial charge in [-0.2, -0.15) is 0 Å². The van der Waals surface area contributed by atoms with E-state index < -0.39 is 0 Å². The number of carbonyl (C=O) groups excluding carboxylic acids is 1. The van der Waals surface area contributed by atoms with E-state index in [1.165, 1.54) is 0 Å². The molecule has 2 aromatic rings. The lowest BCUT2D eigenvalue weighted by Crippen LogP contribution is -2.12. The molecule has 0 unspecified atom stereocenters. The summed E-state index contributed by atoms with van der Waals surface area (Å²) in [5, 5.41) is 3.25. The van der Waals surface area contributed by atoms with E-state index in [0.29, 0.717) is 19.7 Å². The highest BCUT2D eigenvalue weighted by atomic mass is 79.9. The number of nitrogens with one attached hydrogen (secondary N) is 1. The van der Waals surface area contributed by atoms with Crippen molar-refractivity contribution in [3.8, 4) is 0 Å². The Morgan fingerprint density at radius 1 is 0.950 bits per heavy atom.